The maximum atomic E-state index is 12.4. The summed E-state index contributed by atoms with van der Waals surface area (Å²) in [7, 11) is 0. The van der Waals surface area contributed by atoms with E-state index in [-0.39, 0.29) is 5.91 Å². The van der Waals surface area contributed by atoms with Crippen LogP contribution in [-0.4, -0.2) is 28.4 Å². The van der Waals surface area contributed by atoms with Gasteiger partial charge in [-0.2, -0.15) is 0 Å². The monoisotopic (exact) mass is 290 g/mol. The Labute approximate surface area is 126 Å². The molecule has 2 N–H and O–H groups in total. The highest BCUT2D eigenvalue weighted by Gasteiger charge is 2.31. The Hall–Kier alpha value is -1.42. The molecular weight excluding hydrogens is 268 g/mol. The molecule has 4 heteroatoms. The number of nitrogens with two attached hydrogens (primary N) is 1. The molecule has 0 bridgehead atoms. The largest absolute Gasteiger partial charge is 0.389 e. The molecular formula is C16H22N2OS. The molecule has 1 saturated carbocycles. The third kappa shape index (κ3) is 4.04. The highest BCUT2D eigenvalue weighted by molar-refractivity contribution is 7.80. The molecule has 0 saturated heterocycles. The van der Waals surface area contributed by atoms with Gasteiger partial charge < -0.3 is 10.6 Å². The van der Waals surface area contributed by atoms with Gasteiger partial charge in [-0.1, -0.05) is 49.8 Å². The van der Waals surface area contributed by atoms with Gasteiger partial charge >= 0.3 is 0 Å². The van der Waals surface area contributed by atoms with Crippen LogP contribution in [0.3, 0.4) is 0 Å². The quantitative estimate of drug-likeness (QED) is 0.785. The Balaban J connectivity index is 1.96. The highest BCUT2D eigenvalue weighted by atomic mass is 32.1. The number of thiocarbonyl (C=S) groups is 1. The first-order valence-electron chi connectivity index (χ1n) is 7.30. The second kappa shape index (κ2) is 6.84. The average molecular weight is 290 g/mol. The molecule has 1 aliphatic carbocycles. The zero-order valence-electron chi connectivity index (χ0n) is 12.0. The van der Waals surface area contributed by atoms with Crippen LogP contribution in [0.2, 0.25) is 0 Å². The van der Waals surface area contributed by atoms with Crippen LogP contribution in [0.15, 0.2) is 24.3 Å². The molecule has 0 aliphatic heterocycles. The zero-order chi connectivity index (χ0) is 14.5. The zero-order valence-corrected chi connectivity index (χ0v) is 12.8. The minimum absolute atomic E-state index is 0.240. The molecule has 0 heterocycles. The third-order valence-corrected chi connectivity index (χ3v) is 3.89. The summed E-state index contributed by atoms with van der Waals surface area (Å²) in [6.45, 7) is 3.05. The van der Waals surface area contributed by atoms with Crippen LogP contribution < -0.4 is 5.73 Å². The molecule has 0 unspecified atom stereocenters. The SMILES string of the molecule is CCCCN(C(=O)Cc1ccc(C(N)=S)cc1)C1CC1. The molecule has 1 fully saturated rings. The van der Waals surface area contributed by atoms with Crippen molar-refractivity contribution in [2.24, 2.45) is 5.73 Å². The van der Waals surface area contributed by atoms with E-state index in [2.05, 4.69) is 11.8 Å². The van der Waals surface area contributed by atoms with Gasteiger partial charge in [0.25, 0.3) is 0 Å². The Morgan fingerprint density at radius 2 is 2.00 bits per heavy atom. The first-order chi connectivity index (χ1) is 9.61. The second-order valence-corrected chi connectivity index (χ2v) is 5.85. The van der Waals surface area contributed by atoms with E-state index in [0.29, 0.717) is 17.5 Å². The number of rotatable bonds is 7. The number of hydrogen-bond donors (Lipinski definition) is 1. The van der Waals surface area contributed by atoms with Crippen LogP contribution >= 0.6 is 12.2 Å². The fourth-order valence-corrected chi connectivity index (χ4v) is 2.42. The maximum Gasteiger partial charge on any atom is 0.227 e. The number of amides is 1. The predicted molar refractivity (Wildman–Crippen MR) is 85.7 cm³/mol. The molecule has 0 spiro atoms. The lowest BCUT2D eigenvalue weighted by Gasteiger charge is -2.22. The van der Waals surface area contributed by atoms with E-state index in [9.17, 15) is 4.79 Å². The molecule has 0 radical (unpaired) electrons. The van der Waals surface area contributed by atoms with E-state index in [1.54, 1.807) is 0 Å². The van der Waals surface area contributed by atoms with E-state index in [0.717, 1.165) is 43.4 Å². The number of nitrogens with zero attached hydrogens (tertiary/aromatic N) is 1. The van der Waals surface area contributed by atoms with Gasteiger partial charge in [-0.05, 0) is 24.8 Å². The van der Waals surface area contributed by atoms with Crippen molar-refractivity contribution in [3.8, 4) is 0 Å². The maximum absolute atomic E-state index is 12.4. The lowest BCUT2D eigenvalue weighted by molar-refractivity contribution is -0.131. The third-order valence-electron chi connectivity index (χ3n) is 3.65. The average Bonchev–Trinajstić information content (AvgIpc) is 3.24. The fourth-order valence-electron chi connectivity index (χ4n) is 2.29. The van der Waals surface area contributed by atoms with E-state index >= 15 is 0 Å². The van der Waals surface area contributed by atoms with Gasteiger partial charge in [0.1, 0.15) is 4.99 Å². The van der Waals surface area contributed by atoms with Gasteiger partial charge in [-0.25, -0.2) is 0 Å². The Kier molecular flexibility index (Phi) is 5.12. The normalized spacial score (nSPS) is 14.1. The predicted octanol–water partition coefficient (Wildman–Crippen LogP) is 2.65. The van der Waals surface area contributed by atoms with Gasteiger partial charge in [0.2, 0.25) is 5.91 Å². The van der Waals surface area contributed by atoms with Crippen LogP contribution in [0, 0.1) is 0 Å². The molecule has 0 aromatic heterocycles. The molecule has 2 rings (SSSR count). The molecule has 1 amide bonds. The number of hydrogen-bond acceptors (Lipinski definition) is 2. The second-order valence-electron chi connectivity index (χ2n) is 5.41. The highest BCUT2D eigenvalue weighted by Crippen LogP contribution is 2.27. The summed E-state index contributed by atoms with van der Waals surface area (Å²) in [6, 6.07) is 8.15. The molecule has 1 aromatic carbocycles. The molecule has 108 valence electrons. The van der Waals surface area contributed by atoms with Crippen molar-refractivity contribution >= 4 is 23.1 Å². The van der Waals surface area contributed by atoms with Crippen molar-refractivity contribution in [1.82, 2.24) is 4.90 Å². The Morgan fingerprint density at radius 3 is 2.50 bits per heavy atom. The Bertz CT molecular complexity index is 480. The van der Waals surface area contributed by atoms with Gasteiger partial charge in [-0.3, -0.25) is 4.79 Å². The van der Waals surface area contributed by atoms with Gasteiger partial charge in [0, 0.05) is 18.2 Å². The van der Waals surface area contributed by atoms with Crippen LogP contribution in [0.25, 0.3) is 0 Å². The number of carbonyl (C=O) groups excluding carboxylic acids is 1. The topological polar surface area (TPSA) is 46.3 Å². The fraction of sp³-hybridized carbons (Fsp3) is 0.500. The first kappa shape index (κ1) is 15.0. The lowest BCUT2D eigenvalue weighted by Crippen LogP contribution is -2.35. The van der Waals surface area contributed by atoms with Crippen LogP contribution in [0.1, 0.15) is 43.7 Å². The van der Waals surface area contributed by atoms with Crippen molar-refractivity contribution in [2.45, 2.75) is 45.1 Å². The van der Waals surface area contributed by atoms with Crippen LogP contribution in [0.4, 0.5) is 0 Å². The molecule has 0 atom stereocenters. The van der Waals surface area contributed by atoms with Crippen LogP contribution in [0.5, 0.6) is 0 Å². The summed E-state index contributed by atoms with van der Waals surface area (Å²) < 4.78 is 0. The van der Waals surface area contributed by atoms with Crippen molar-refractivity contribution < 1.29 is 4.79 Å². The van der Waals surface area contributed by atoms with E-state index in [4.69, 9.17) is 18.0 Å². The molecule has 3 nitrogen and oxygen atoms in total. The van der Waals surface area contributed by atoms with Crippen molar-refractivity contribution in [2.75, 3.05) is 6.54 Å². The summed E-state index contributed by atoms with van der Waals surface area (Å²) in [5.41, 5.74) is 7.45. The number of unbranched alkanes of at least 4 members (excludes halogenated alkanes) is 1. The van der Waals surface area contributed by atoms with E-state index in [1.807, 2.05) is 24.3 Å². The van der Waals surface area contributed by atoms with Crippen molar-refractivity contribution in [1.29, 1.82) is 0 Å². The lowest BCUT2D eigenvalue weighted by atomic mass is 10.1. The van der Waals surface area contributed by atoms with E-state index < -0.39 is 0 Å². The summed E-state index contributed by atoms with van der Waals surface area (Å²) in [6.07, 6.45) is 5.01. The van der Waals surface area contributed by atoms with Gasteiger partial charge in [0.05, 0.1) is 6.42 Å². The first-order valence-corrected chi connectivity index (χ1v) is 7.71. The summed E-state index contributed by atoms with van der Waals surface area (Å²) in [4.78, 5) is 14.8. The van der Waals surface area contributed by atoms with E-state index in [1.165, 1.54) is 0 Å². The molecule has 1 aliphatic rings. The number of carbonyl (C=O) groups is 1. The van der Waals surface area contributed by atoms with Crippen molar-refractivity contribution in [3.63, 3.8) is 0 Å². The Morgan fingerprint density at radius 1 is 1.35 bits per heavy atom. The molecule has 20 heavy (non-hydrogen) atoms. The van der Waals surface area contributed by atoms with Gasteiger partial charge in [0.15, 0.2) is 0 Å². The number of benzene rings is 1. The summed E-state index contributed by atoms with van der Waals surface area (Å²) in [5, 5.41) is 0. The van der Waals surface area contributed by atoms with Gasteiger partial charge in [-0.15, -0.1) is 0 Å². The molecule has 1 aromatic rings. The minimum atomic E-state index is 0.240. The van der Waals surface area contributed by atoms with Crippen LogP contribution in [-0.2, 0) is 11.2 Å². The summed E-state index contributed by atoms with van der Waals surface area (Å²) >= 11 is 4.93. The van der Waals surface area contributed by atoms with Crippen molar-refractivity contribution in [3.05, 3.63) is 35.4 Å². The smallest absolute Gasteiger partial charge is 0.227 e. The standard InChI is InChI=1S/C16H22N2OS/c1-2-3-10-18(14-8-9-14)15(19)11-12-4-6-13(7-5-12)16(17)20/h4-7,14H,2-3,8-11H2,1H3,(H2,17,20). The minimum Gasteiger partial charge on any atom is -0.389 e. The summed E-state index contributed by atoms with van der Waals surface area (Å²) in [5.74, 6) is 0.240.